The summed E-state index contributed by atoms with van der Waals surface area (Å²) in [5.74, 6) is 8.15. The third kappa shape index (κ3) is 10.7. The predicted molar refractivity (Wildman–Crippen MR) is 190 cm³/mol. The normalized spacial score (nSPS) is 11.2. The molecule has 45 heavy (non-hydrogen) atoms. The van der Waals surface area contributed by atoms with Crippen LogP contribution in [0.25, 0.3) is 31.3 Å². The van der Waals surface area contributed by atoms with Crippen molar-refractivity contribution in [1.82, 2.24) is 0 Å². The van der Waals surface area contributed by atoms with Crippen LogP contribution in [-0.4, -0.2) is 18.6 Å². The van der Waals surface area contributed by atoms with E-state index in [1.807, 2.05) is 12.1 Å². The van der Waals surface area contributed by atoms with Crippen molar-refractivity contribution in [2.24, 2.45) is 0 Å². The van der Waals surface area contributed by atoms with Crippen LogP contribution in [0.5, 0.6) is 16.6 Å². The standard InChI is InChI=1S/C37H43O5PS2/c1-4-6-8-10-11-12-13-14-16-28-17-19-29(20-18-28)34-21-22-35(44-34)30-27-33(41-25-15-9-7-5-2)31(26-32(30)40-3)36-23-24-37(45-36)42-43(38)39/h17-24,26-27H,4-13,15,25H2,1-3H3/p+1. The zero-order valence-corrected chi connectivity index (χ0v) is 29.1. The van der Waals surface area contributed by atoms with Crippen molar-refractivity contribution in [3.63, 3.8) is 0 Å². The molecular formula is C37H44O5PS2+. The van der Waals surface area contributed by atoms with Gasteiger partial charge in [0.05, 0.1) is 13.7 Å². The van der Waals surface area contributed by atoms with Crippen molar-refractivity contribution in [3.05, 3.63) is 66.2 Å². The summed E-state index contributed by atoms with van der Waals surface area (Å²) in [6.45, 7) is 5.06. The second-order valence-corrected chi connectivity index (χ2v) is 13.8. The van der Waals surface area contributed by atoms with E-state index < -0.39 is 8.25 Å². The van der Waals surface area contributed by atoms with Gasteiger partial charge in [-0.05, 0) is 66.9 Å². The highest BCUT2D eigenvalue weighted by Crippen LogP contribution is 2.47. The second kappa shape index (κ2) is 18.7. The van der Waals surface area contributed by atoms with E-state index in [4.69, 9.17) is 14.0 Å². The molecule has 0 saturated carbocycles. The first-order valence-corrected chi connectivity index (χ1v) is 18.8. The first kappa shape index (κ1) is 34.7. The van der Waals surface area contributed by atoms with Gasteiger partial charge in [0.1, 0.15) is 11.5 Å². The Kier molecular flexibility index (Phi) is 14.5. The van der Waals surface area contributed by atoms with Gasteiger partial charge in [-0.1, -0.05) is 101 Å². The van der Waals surface area contributed by atoms with Gasteiger partial charge in [0.15, 0.2) is 0 Å². The van der Waals surface area contributed by atoms with Crippen LogP contribution < -0.4 is 14.0 Å². The summed E-state index contributed by atoms with van der Waals surface area (Å²) < 4.78 is 28.5. The maximum atomic E-state index is 11.2. The molecule has 0 aliphatic heterocycles. The minimum atomic E-state index is -2.73. The molecule has 238 valence electrons. The van der Waals surface area contributed by atoms with Crippen LogP contribution in [0.3, 0.4) is 0 Å². The number of thiophene rings is 2. The van der Waals surface area contributed by atoms with Crippen molar-refractivity contribution in [2.45, 2.75) is 84.5 Å². The molecule has 0 fully saturated rings. The summed E-state index contributed by atoms with van der Waals surface area (Å²) in [4.78, 5) is 12.3. The molecule has 2 aromatic carbocycles. The van der Waals surface area contributed by atoms with Crippen molar-refractivity contribution < 1.29 is 23.5 Å². The molecule has 2 heterocycles. The molecule has 0 bridgehead atoms. The largest absolute Gasteiger partial charge is 0.748 e. The van der Waals surface area contributed by atoms with Gasteiger partial charge in [-0.25, -0.2) is 4.52 Å². The van der Waals surface area contributed by atoms with E-state index >= 15 is 0 Å². The Balaban J connectivity index is 1.52. The fraction of sp³-hybridized carbons (Fsp3) is 0.405. The Hall–Kier alpha value is -3.14. The fourth-order valence-corrected chi connectivity index (χ4v) is 7.40. The highest BCUT2D eigenvalue weighted by atomic mass is 32.1. The van der Waals surface area contributed by atoms with Crippen molar-refractivity contribution in [2.75, 3.05) is 13.7 Å². The van der Waals surface area contributed by atoms with Gasteiger partial charge in [-0.15, -0.1) is 16.2 Å². The van der Waals surface area contributed by atoms with Crippen molar-refractivity contribution >= 4 is 30.9 Å². The first-order chi connectivity index (χ1) is 22.0. The Morgan fingerprint density at radius 2 is 1.36 bits per heavy atom. The third-order valence-corrected chi connectivity index (χ3v) is 10.1. The van der Waals surface area contributed by atoms with E-state index in [1.54, 1.807) is 24.5 Å². The lowest BCUT2D eigenvalue weighted by Crippen LogP contribution is -2.00. The smallest absolute Gasteiger partial charge is 0.496 e. The molecule has 2 aromatic heterocycles. The Bertz CT molecular complexity index is 1560. The molecule has 1 N–H and O–H groups in total. The summed E-state index contributed by atoms with van der Waals surface area (Å²) in [6, 6.07) is 20.4. The first-order valence-electron chi connectivity index (χ1n) is 16.0. The highest BCUT2D eigenvalue weighted by Gasteiger charge is 2.21. The molecular weight excluding hydrogens is 620 g/mol. The van der Waals surface area contributed by atoms with Crippen LogP contribution in [0, 0.1) is 11.8 Å². The van der Waals surface area contributed by atoms with Gasteiger partial charge < -0.3 is 9.47 Å². The summed E-state index contributed by atoms with van der Waals surface area (Å²) in [5, 5.41) is 0.378. The van der Waals surface area contributed by atoms with E-state index in [9.17, 15) is 9.46 Å². The van der Waals surface area contributed by atoms with Gasteiger partial charge >= 0.3 is 8.25 Å². The van der Waals surface area contributed by atoms with Gasteiger partial charge in [0.2, 0.25) is 5.06 Å². The Morgan fingerprint density at radius 1 is 0.733 bits per heavy atom. The van der Waals surface area contributed by atoms with E-state index in [-0.39, 0.29) is 0 Å². The molecule has 4 rings (SSSR count). The summed E-state index contributed by atoms with van der Waals surface area (Å²) >= 11 is 3.01. The Morgan fingerprint density at radius 3 is 2.09 bits per heavy atom. The lowest BCUT2D eigenvalue weighted by molar-refractivity contribution is 0.306. The van der Waals surface area contributed by atoms with Gasteiger partial charge in [0, 0.05) is 42.3 Å². The van der Waals surface area contributed by atoms with Gasteiger partial charge in [-0.3, -0.25) is 0 Å². The number of rotatable bonds is 18. The summed E-state index contributed by atoms with van der Waals surface area (Å²) in [5.41, 5.74) is 4.03. The molecule has 8 heteroatoms. The lowest BCUT2D eigenvalue weighted by atomic mass is 10.1. The third-order valence-electron chi connectivity index (χ3n) is 7.50. The van der Waals surface area contributed by atoms with Crippen LogP contribution in [-0.2, 0) is 4.57 Å². The molecule has 0 spiro atoms. The molecule has 5 nitrogen and oxygen atoms in total. The minimum Gasteiger partial charge on any atom is -0.496 e. The molecule has 0 saturated heterocycles. The van der Waals surface area contributed by atoms with Crippen LogP contribution in [0.4, 0.5) is 0 Å². The van der Waals surface area contributed by atoms with Crippen LogP contribution in [0.1, 0.15) is 90.0 Å². The van der Waals surface area contributed by atoms with E-state index in [0.717, 1.165) is 62.8 Å². The number of hydrogen-bond donors (Lipinski definition) is 1. The fourth-order valence-electron chi connectivity index (χ4n) is 5.05. The van der Waals surface area contributed by atoms with Gasteiger partial charge in [-0.2, -0.15) is 0 Å². The quantitative estimate of drug-likeness (QED) is 0.0652. The van der Waals surface area contributed by atoms with Crippen molar-refractivity contribution in [1.29, 1.82) is 0 Å². The SMILES string of the molecule is CCCCCCCCC#Cc1ccc(-c2ccc(-c3cc(OCCCCCC)c(-c4ccc(O[P+](=O)O)s4)cc3OC)s2)cc1. The summed E-state index contributed by atoms with van der Waals surface area (Å²) in [6.07, 6.45) is 13.1. The molecule has 0 amide bonds. The minimum absolute atomic E-state index is 0.378. The molecule has 4 aromatic rings. The zero-order chi connectivity index (χ0) is 31.9. The number of methoxy groups -OCH3 is 1. The predicted octanol–water partition coefficient (Wildman–Crippen LogP) is 11.9. The summed E-state index contributed by atoms with van der Waals surface area (Å²) in [7, 11) is -1.05. The number of hydrogen-bond acceptors (Lipinski definition) is 6. The molecule has 0 aliphatic carbocycles. The second-order valence-electron chi connectivity index (χ2n) is 11.0. The molecule has 1 atom stereocenters. The van der Waals surface area contributed by atoms with E-state index in [0.29, 0.717) is 11.7 Å². The van der Waals surface area contributed by atoms with Crippen molar-refractivity contribution in [3.8, 4) is 59.7 Å². The molecule has 0 radical (unpaired) electrons. The Labute approximate surface area is 277 Å². The van der Waals surface area contributed by atoms with E-state index in [1.165, 1.54) is 67.6 Å². The molecule has 1 unspecified atom stereocenters. The zero-order valence-electron chi connectivity index (χ0n) is 26.6. The number of ether oxygens (including phenoxy) is 2. The van der Waals surface area contributed by atoms with Crippen LogP contribution >= 0.6 is 30.9 Å². The maximum Gasteiger partial charge on any atom is 0.748 e. The maximum absolute atomic E-state index is 11.2. The van der Waals surface area contributed by atoms with Crippen LogP contribution in [0.2, 0.25) is 0 Å². The monoisotopic (exact) mass is 663 g/mol. The molecule has 0 aliphatic rings. The number of benzene rings is 2. The average Bonchev–Trinajstić information content (AvgIpc) is 3.72. The lowest BCUT2D eigenvalue weighted by Gasteiger charge is -2.15. The average molecular weight is 664 g/mol. The topological polar surface area (TPSA) is 65.0 Å². The van der Waals surface area contributed by atoms with Crippen LogP contribution in [0.15, 0.2) is 60.7 Å². The highest BCUT2D eigenvalue weighted by molar-refractivity contribution is 7.33. The van der Waals surface area contributed by atoms with Gasteiger partial charge in [0.25, 0.3) is 0 Å². The number of unbranched alkanes of at least 4 members (excludes halogenated alkanes) is 9. The van der Waals surface area contributed by atoms with E-state index in [2.05, 4.69) is 68.2 Å².